The number of rotatable bonds is 6. The first kappa shape index (κ1) is 14.3. The largest absolute Gasteiger partial charge is 0.374 e. The second kappa shape index (κ2) is 6.90. The fourth-order valence-electron chi connectivity index (χ4n) is 2.92. The maximum atomic E-state index is 4.27. The van der Waals surface area contributed by atoms with Gasteiger partial charge in [-0.25, -0.2) is 0 Å². The van der Waals surface area contributed by atoms with Crippen LogP contribution in [0.4, 0.5) is 5.69 Å². The average molecular weight is 261 g/mol. The fraction of sp³-hybridized carbons (Fsp3) is 0.688. The van der Waals surface area contributed by atoms with E-state index in [1.807, 2.05) is 12.4 Å². The van der Waals surface area contributed by atoms with Crippen LogP contribution in [0.5, 0.6) is 0 Å². The number of anilines is 1. The van der Waals surface area contributed by atoms with E-state index < -0.39 is 0 Å². The minimum Gasteiger partial charge on any atom is -0.374 e. The summed E-state index contributed by atoms with van der Waals surface area (Å²) in [5, 5.41) is 3.48. The van der Waals surface area contributed by atoms with E-state index in [4.69, 9.17) is 0 Å². The summed E-state index contributed by atoms with van der Waals surface area (Å²) >= 11 is 0. The van der Waals surface area contributed by atoms with Gasteiger partial charge in [-0.3, -0.25) is 4.98 Å². The molecule has 1 N–H and O–H groups in total. The van der Waals surface area contributed by atoms with Crippen LogP contribution in [-0.2, 0) is 6.54 Å². The zero-order valence-electron chi connectivity index (χ0n) is 12.5. The highest BCUT2D eigenvalue weighted by molar-refractivity contribution is 5.51. The van der Waals surface area contributed by atoms with Crippen molar-refractivity contribution < 1.29 is 0 Å². The van der Waals surface area contributed by atoms with Gasteiger partial charge in [0.15, 0.2) is 0 Å². The topological polar surface area (TPSA) is 28.2 Å². The monoisotopic (exact) mass is 261 g/mol. The van der Waals surface area contributed by atoms with Crippen molar-refractivity contribution in [3.63, 3.8) is 0 Å². The Morgan fingerprint density at radius 2 is 2.11 bits per heavy atom. The van der Waals surface area contributed by atoms with Crippen molar-refractivity contribution in [3.8, 4) is 0 Å². The fourth-order valence-corrected chi connectivity index (χ4v) is 2.92. The lowest BCUT2D eigenvalue weighted by Crippen LogP contribution is -2.27. The van der Waals surface area contributed by atoms with E-state index in [0.717, 1.165) is 12.5 Å². The summed E-state index contributed by atoms with van der Waals surface area (Å²) in [5.41, 5.74) is 2.63. The molecular weight excluding hydrogens is 234 g/mol. The molecule has 0 radical (unpaired) electrons. The van der Waals surface area contributed by atoms with Gasteiger partial charge in [0.05, 0.1) is 0 Å². The Hall–Kier alpha value is -1.09. The van der Waals surface area contributed by atoms with Crippen molar-refractivity contribution in [3.05, 3.63) is 24.0 Å². The molecule has 1 aromatic rings. The van der Waals surface area contributed by atoms with E-state index in [1.54, 1.807) is 0 Å². The number of nitrogens with one attached hydrogen (secondary N) is 1. The number of pyridine rings is 1. The molecule has 1 fully saturated rings. The van der Waals surface area contributed by atoms with Gasteiger partial charge < -0.3 is 10.2 Å². The van der Waals surface area contributed by atoms with Gasteiger partial charge in [-0.05, 0) is 24.8 Å². The van der Waals surface area contributed by atoms with Gasteiger partial charge in [-0.1, -0.05) is 26.7 Å². The van der Waals surface area contributed by atoms with E-state index in [9.17, 15) is 0 Å². The highest BCUT2D eigenvalue weighted by Crippen LogP contribution is 2.27. The molecule has 0 spiro atoms. The molecule has 0 aliphatic heterocycles. The molecule has 1 aliphatic rings. The smallest absolute Gasteiger partial charge is 0.0440 e. The summed E-state index contributed by atoms with van der Waals surface area (Å²) in [6, 6.07) is 2.65. The zero-order chi connectivity index (χ0) is 13.7. The average Bonchev–Trinajstić information content (AvgIpc) is 2.89. The molecule has 106 valence electrons. The Kier molecular flexibility index (Phi) is 5.20. The third-order valence-electron chi connectivity index (χ3n) is 4.00. The van der Waals surface area contributed by atoms with Crippen LogP contribution in [0.1, 0.15) is 45.1 Å². The Morgan fingerprint density at radius 3 is 2.79 bits per heavy atom. The van der Waals surface area contributed by atoms with Gasteiger partial charge in [-0.2, -0.15) is 0 Å². The zero-order valence-corrected chi connectivity index (χ0v) is 12.5. The first-order valence-corrected chi connectivity index (χ1v) is 7.54. The molecule has 19 heavy (non-hydrogen) atoms. The van der Waals surface area contributed by atoms with Gasteiger partial charge in [0, 0.05) is 49.8 Å². The Morgan fingerprint density at radius 1 is 1.37 bits per heavy atom. The molecule has 0 atom stereocenters. The van der Waals surface area contributed by atoms with Crippen LogP contribution in [0, 0.1) is 5.92 Å². The predicted octanol–water partition coefficient (Wildman–Crippen LogP) is 3.21. The number of nitrogens with zero attached hydrogens (tertiary/aromatic N) is 2. The molecule has 2 rings (SSSR count). The molecule has 0 saturated heterocycles. The van der Waals surface area contributed by atoms with Crippen molar-refractivity contribution in [2.45, 2.75) is 52.1 Å². The number of aromatic nitrogens is 1. The second-order valence-electron chi connectivity index (χ2n) is 6.07. The van der Waals surface area contributed by atoms with Crippen LogP contribution < -0.4 is 10.2 Å². The molecule has 1 heterocycles. The van der Waals surface area contributed by atoms with Gasteiger partial charge in [0.25, 0.3) is 0 Å². The molecular formula is C16H27N3. The van der Waals surface area contributed by atoms with E-state index in [1.165, 1.54) is 43.5 Å². The minimum atomic E-state index is 0.508. The van der Waals surface area contributed by atoms with Crippen molar-refractivity contribution in [1.82, 2.24) is 10.3 Å². The lowest BCUT2D eigenvalue weighted by atomic mass is 10.1. The minimum absolute atomic E-state index is 0.508. The first-order valence-electron chi connectivity index (χ1n) is 7.54. The number of hydrogen-bond acceptors (Lipinski definition) is 3. The van der Waals surface area contributed by atoms with Crippen molar-refractivity contribution in [2.75, 3.05) is 18.5 Å². The number of hydrogen-bond donors (Lipinski definition) is 1. The molecule has 0 unspecified atom stereocenters. The first-order chi connectivity index (χ1) is 9.16. The summed E-state index contributed by atoms with van der Waals surface area (Å²) in [4.78, 5) is 6.68. The van der Waals surface area contributed by atoms with Gasteiger partial charge >= 0.3 is 0 Å². The van der Waals surface area contributed by atoms with Crippen molar-refractivity contribution in [1.29, 1.82) is 0 Å². The quantitative estimate of drug-likeness (QED) is 0.852. The van der Waals surface area contributed by atoms with Crippen LogP contribution in [0.3, 0.4) is 0 Å². The Bertz CT molecular complexity index is 383. The lowest BCUT2D eigenvalue weighted by molar-refractivity contribution is 0.544. The maximum Gasteiger partial charge on any atom is 0.0440 e. The summed E-state index contributed by atoms with van der Waals surface area (Å²) in [6.45, 7) is 6.44. The Balaban J connectivity index is 2.00. The highest BCUT2D eigenvalue weighted by Gasteiger charge is 2.18. The molecule has 1 aromatic heterocycles. The molecule has 1 aliphatic carbocycles. The molecule has 1 saturated carbocycles. The standard InChI is InChI=1S/C16H27N3/c1-13(2)18-11-15-10-17-9-8-16(15)19(3)12-14-6-4-5-7-14/h8-10,13-14,18H,4-7,11-12H2,1-3H3. The van der Waals surface area contributed by atoms with Gasteiger partial charge in [-0.15, -0.1) is 0 Å². The van der Waals surface area contributed by atoms with Crippen molar-refractivity contribution >= 4 is 5.69 Å². The van der Waals surface area contributed by atoms with Crippen LogP contribution in [0.25, 0.3) is 0 Å². The molecule has 3 nitrogen and oxygen atoms in total. The SMILES string of the molecule is CC(C)NCc1cnccc1N(C)CC1CCCC1. The summed E-state index contributed by atoms with van der Waals surface area (Å²) in [7, 11) is 2.21. The van der Waals surface area contributed by atoms with Crippen molar-refractivity contribution in [2.24, 2.45) is 5.92 Å². The van der Waals surface area contributed by atoms with E-state index in [2.05, 4.69) is 42.2 Å². The van der Waals surface area contributed by atoms with Crippen LogP contribution >= 0.6 is 0 Å². The third-order valence-corrected chi connectivity index (χ3v) is 4.00. The second-order valence-corrected chi connectivity index (χ2v) is 6.07. The molecule has 0 amide bonds. The van der Waals surface area contributed by atoms with Crippen LogP contribution in [0.2, 0.25) is 0 Å². The van der Waals surface area contributed by atoms with E-state index >= 15 is 0 Å². The lowest BCUT2D eigenvalue weighted by Gasteiger charge is -2.25. The van der Waals surface area contributed by atoms with Crippen LogP contribution in [0.15, 0.2) is 18.5 Å². The molecule has 0 bridgehead atoms. The van der Waals surface area contributed by atoms with Gasteiger partial charge in [0.1, 0.15) is 0 Å². The summed E-state index contributed by atoms with van der Waals surface area (Å²) in [6.07, 6.45) is 9.52. The normalized spacial score (nSPS) is 16.2. The predicted molar refractivity (Wildman–Crippen MR) is 81.4 cm³/mol. The van der Waals surface area contributed by atoms with Crippen LogP contribution in [-0.4, -0.2) is 24.6 Å². The highest BCUT2D eigenvalue weighted by atomic mass is 15.1. The van der Waals surface area contributed by atoms with E-state index in [0.29, 0.717) is 6.04 Å². The third kappa shape index (κ3) is 4.20. The van der Waals surface area contributed by atoms with E-state index in [-0.39, 0.29) is 0 Å². The summed E-state index contributed by atoms with van der Waals surface area (Å²) in [5.74, 6) is 0.879. The molecule has 0 aromatic carbocycles. The summed E-state index contributed by atoms with van der Waals surface area (Å²) < 4.78 is 0. The maximum absolute atomic E-state index is 4.27. The molecule has 3 heteroatoms. The van der Waals surface area contributed by atoms with Gasteiger partial charge in [0.2, 0.25) is 0 Å². The Labute approximate surface area is 117 Å².